The lowest BCUT2D eigenvalue weighted by atomic mass is 9.44. The quantitative estimate of drug-likeness (QED) is 0.353. The largest absolute Gasteiger partial charge is 0.466 e. The molecule has 0 bridgehead atoms. The molecule has 0 aromatic rings. The summed E-state index contributed by atoms with van der Waals surface area (Å²) >= 11 is 0. The summed E-state index contributed by atoms with van der Waals surface area (Å²) in [5, 5.41) is 14.6. The molecular weight excluding hydrogens is 467 g/mol. The first-order chi connectivity index (χ1) is 16.9. The van der Waals surface area contributed by atoms with Crippen LogP contribution in [0.4, 0.5) is 4.39 Å². The van der Waals surface area contributed by atoms with Gasteiger partial charge in [-0.3, -0.25) is 9.59 Å². The van der Waals surface area contributed by atoms with Crippen molar-refractivity contribution >= 4 is 17.7 Å². The topological polar surface area (TPSA) is 128 Å². The van der Waals surface area contributed by atoms with Crippen molar-refractivity contribution in [2.45, 2.75) is 70.2 Å². The summed E-state index contributed by atoms with van der Waals surface area (Å²) in [6.07, 6.45) is 4.40. The minimum Gasteiger partial charge on any atom is -0.466 e. The number of ether oxygens (including phenoxy) is 2. The first kappa shape index (κ1) is 26.9. The van der Waals surface area contributed by atoms with Crippen LogP contribution in [0.3, 0.4) is 0 Å². The van der Waals surface area contributed by atoms with Crippen LogP contribution in [-0.2, 0) is 23.9 Å². The zero-order valence-electron chi connectivity index (χ0n) is 21.6. The highest BCUT2D eigenvalue weighted by Gasteiger charge is 2.77. The lowest BCUT2D eigenvalue weighted by Crippen LogP contribution is -2.70. The molecule has 0 radical (unpaired) electrons. The van der Waals surface area contributed by atoms with Crippen LogP contribution >= 0.6 is 0 Å². The standard InChI is InChI=1S/C27H39FN2O6/c1-16-13-20-19-6-5-17-14-18(31)7-9-24(17,2)26(19,28)21(32)15-25(20,3)27(16,23(34)35-4)36-22(33)8-11-30-12-10-29/h7,9,14,16,19-21,30,32H,5-6,8,10-13,15,29H2,1-4H3/t16-,19?,20?,21+,24+,25+,26+,27+/m1/s1. The smallest absolute Gasteiger partial charge is 0.351 e. The normalized spacial score (nSPS) is 43.2. The SMILES string of the molecule is COC(=O)[C@@]1(OC(=O)CCNCCN)[C@H](C)CC2C3CCC4=CC(=O)C=C[C@]4(C)[C@@]3(F)[C@@H](O)C[C@@]21C. The van der Waals surface area contributed by atoms with Gasteiger partial charge in [0.05, 0.1) is 19.6 Å². The highest BCUT2D eigenvalue weighted by molar-refractivity contribution is 6.01. The maximum atomic E-state index is 17.3. The Morgan fingerprint density at radius 3 is 2.67 bits per heavy atom. The lowest BCUT2D eigenvalue weighted by molar-refractivity contribution is -0.235. The maximum Gasteiger partial charge on any atom is 0.351 e. The van der Waals surface area contributed by atoms with E-state index in [4.69, 9.17) is 15.2 Å². The van der Waals surface area contributed by atoms with E-state index in [9.17, 15) is 19.5 Å². The van der Waals surface area contributed by atoms with E-state index in [1.807, 2.05) is 13.8 Å². The number of aliphatic hydroxyl groups is 1. The molecule has 0 spiro atoms. The number of hydrogen-bond donors (Lipinski definition) is 3. The fraction of sp³-hybridized carbons (Fsp3) is 0.741. The molecule has 0 aromatic heterocycles. The summed E-state index contributed by atoms with van der Waals surface area (Å²) in [6, 6.07) is 0. The maximum absolute atomic E-state index is 17.3. The van der Waals surface area contributed by atoms with Crippen molar-refractivity contribution < 1.29 is 33.4 Å². The highest BCUT2D eigenvalue weighted by atomic mass is 19.1. The van der Waals surface area contributed by atoms with Gasteiger partial charge in [-0.2, -0.15) is 0 Å². The lowest BCUT2D eigenvalue weighted by Gasteiger charge is -2.62. The third kappa shape index (κ3) is 3.53. The summed E-state index contributed by atoms with van der Waals surface area (Å²) in [6.45, 7) is 6.74. The van der Waals surface area contributed by atoms with Gasteiger partial charge in [-0.25, -0.2) is 9.18 Å². The average molecular weight is 507 g/mol. The molecule has 4 aliphatic carbocycles. The van der Waals surface area contributed by atoms with Gasteiger partial charge in [0.2, 0.25) is 5.60 Å². The fourth-order valence-corrected chi connectivity index (χ4v) is 8.02. The van der Waals surface area contributed by atoms with E-state index in [2.05, 4.69) is 5.32 Å². The average Bonchev–Trinajstić information content (AvgIpc) is 3.04. The fourth-order valence-electron chi connectivity index (χ4n) is 8.02. The molecule has 0 aliphatic heterocycles. The number of fused-ring (bicyclic) bond motifs is 5. The summed E-state index contributed by atoms with van der Waals surface area (Å²) < 4.78 is 28.6. The summed E-state index contributed by atoms with van der Waals surface area (Å²) in [5.41, 5.74) is 0.337. The molecule has 4 N–H and O–H groups in total. The van der Waals surface area contributed by atoms with E-state index in [0.29, 0.717) is 44.5 Å². The van der Waals surface area contributed by atoms with E-state index in [1.165, 1.54) is 19.3 Å². The molecule has 3 saturated carbocycles. The van der Waals surface area contributed by atoms with E-state index >= 15 is 4.39 Å². The molecule has 8 nitrogen and oxygen atoms in total. The molecule has 4 rings (SSSR count). The van der Waals surface area contributed by atoms with Crippen molar-refractivity contribution in [1.29, 1.82) is 0 Å². The van der Waals surface area contributed by atoms with Gasteiger partial charge < -0.3 is 25.6 Å². The van der Waals surface area contributed by atoms with Crippen molar-refractivity contribution in [3.63, 3.8) is 0 Å². The van der Waals surface area contributed by atoms with Crippen molar-refractivity contribution in [2.75, 3.05) is 26.7 Å². The Morgan fingerprint density at radius 1 is 1.28 bits per heavy atom. The molecule has 0 aromatic carbocycles. The highest BCUT2D eigenvalue weighted by Crippen LogP contribution is 2.71. The first-order valence-electron chi connectivity index (χ1n) is 12.9. The van der Waals surface area contributed by atoms with Gasteiger partial charge in [-0.1, -0.05) is 25.5 Å². The Morgan fingerprint density at radius 2 is 2.00 bits per heavy atom. The summed E-state index contributed by atoms with van der Waals surface area (Å²) in [5.74, 6) is -2.78. The number of aliphatic hydroxyl groups excluding tert-OH is 1. The predicted octanol–water partition coefficient (Wildman–Crippen LogP) is 2.00. The Hall–Kier alpha value is -2.10. The van der Waals surface area contributed by atoms with Gasteiger partial charge in [0.1, 0.15) is 0 Å². The van der Waals surface area contributed by atoms with Crippen LogP contribution in [-0.4, -0.2) is 66.9 Å². The van der Waals surface area contributed by atoms with Crippen molar-refractivity contribution in [2.24, 2.45) is 34.3 Å². The van der Waals surface area contributed by atoms with E-state index in [-0.39, 0.29) is 24.5 Å². The molecule has 2 unspecified atom stereocenters. The number of halogens is 1. The zero-order chi connectivity index (χ0) is 26.5. The van der Waals surface area contributed by atoms with Crippen LogP contribution in [0.15, 0.2) is 23.8 Å². The first-order valence-corrected chi connectivity index (χ1v) is 12.9. The van der Waals surface area contributed by atoms with Crippen molar-refractivity contribution in [3.8, 4) is 0 Å². The van der Waals surface area contributed by atoms with Crippen LogP contribution in [0.25, 0.3) is 0 Å². The number of allylic oxidation sites excluding steroid dienone is 4. The van der Waals surface area contributed by atoms with Gasteiger partial charge in [0, 0.05) is 42.3 Å². The van der Waals surface area contributed by atoms with Crippen LogP contribution < -0.4 is 11.1 Å². The van der Waals surface area contributed by atoms with Crippen LogP contribution in [0.2, 0.25) is 0 Å². The predicted molar refractivity (Wildman–Crippen MR) is 130 cm³/mol. The van der Waals surface area contributed by atoms with Crippen LogP contribution in [0.1, 0.15) is 52.9 Å². The Bertz CT molecular complexity index is 999. The molecule has 36 heavy (non-hydrogen) atoms. The number of carbonyl (C=O) groups excluding carboxylic acids is 3. The molecule has 4 aliphatic rings. The number of ketones is 1. The molecule has 200 valence electrons. The molecule has 0 amide bonds. The Balaban J connectivity index is 1.72. The number of nitrogens with one attached hydrogen (secondary N) is 1. The zero-order valence-corrected chi connectivity index (χ0v) is 21.6. The molecular formula is C27H39FN2O6. The number of esters is 2. The second kappa shape index (κ2) is 9.33. The molecule has 9 heteroatoms. The third-order valence-corrected chi connectivity index (χ3v) is 9.77. The second-order valence-corrected chi connectivity index (χ2v) is 11.4. The van der Waals surface area contributed by atoms with Gasteiger partial charge >= 0.3 is 11.9 Å². The number of rotatable bonds is 7. The van der Waals surface area contributed by atoms with E-state index in [1.54, 1.807) is 13.0 Å². The number of carbonyl (C=O) groups is 3. The summed E-state index contributed by atoms with van der Waals surface area (Å²) in [4.78, 5) is 38.4. The minimum atomic E-state index is -2.03. The van der Waals surface area contributed by atoms with Gasteiger partial charge in [-0.05, 0) is 50.7 Å². The number of hydrogen-bond acceptors (Lipinski definition) is 8. The monoisotopic (exact) mass is 506 g/mol. The van der Waals surface area contributed by atoms with Gasteiger partial charge in [-0.15, -0.1) is 0 Å². The third-order valence-electron chi connectivity index (χ3n) is 9.77. The van der Waals surface area contributed by atoms with Crippen molar-refractivity contribution in [1.82, 2.24) is 5.32 Å². The Labute approximate surface area is 211 Å². The van der Waals surface area contributed by atoms with E-state index < -0.39 is 52.0 Å². The second-order valence-electron chi connectivity index (χ2n) is 11.4. The van der Waals surface area contributed by atoms with Crippen LogP contribution in [0, 0.1) is 28.6 Å². The molecule has 8 atom stereocenters. The number of nitrogens with two attached hydrogens (primary N) is 1. The molecule has 0 saturated heterocycles. The Kier molecular flexibility index (Phi) is 6.98. The number of alkyl halides is 1. The minimum absolute atomic E-state index is 0.0380. The molecule has 0 heterocycles. The number of methoxy groups -OCH3 is 1. The van der Waals surface area contributed by atoms with Gasteiger partial charge in [0.15, 0.2) is 11.5 Å². The molecule has 3 fully saturated rings. The van der Waals surface area contributed by atoms with E-state index in [0.717, 1.165) is 0 Å². The summed E-state index contributed by atoms with van der Waals surface area (Å²) in [7, 11) is 1.26. The van der Waals surface area contributed by atoms with Crippen LogP contribution in [0.5, 0.6) is 0 Å². The van der Waals surface area contributed by atoms with Gasteiger partial charge in [0.25, 0.3) is 0 Å². The van der Waals surface area contributed by atoms with Crippen molar-refractivity contribution in [3.05, 3.63) is 23.8 Å².